The van der Waals surface area contributed by atoms with Crippen LogP contribution in [0.25, 0.3) is 0 Å². The zero-order valence-corrected chi connectivity index (χ0v) is 12.4. The summed E-state index contributed by atoms with van der Waals surface area (Å²) >= 11 is 7.77. The van der Waals surface area contributed by atoms with Gasteiger partial charge in [0.25, 0.3) is 0 Å². The van der Waals surface area contributed by atoms with Crippen LogP contribution in [-0.2, 0) is 6.42 Å². The second-order valence-corrected chi connectivity index (χ2v) is 6.58. The molecule has 1 nitrogen and oxygen atoms in total. The predicted molar refractivity (Wildman–Crippen MR) is 82.9 cm³/mol. The number of nitrogens with one attached hydrogen (secondary N) is 1. The van der Waals surface area contributed by atoms with Crippen molar-refractivity contribution < 1.29 is 0 Å². The fraction of sp³-hybridized carbons (Fsp3) is 0.375. The number of thiophene rings is 1. The van der Waals surface area contributed by atoms with Gasteiger partial charge in [0.15, 0.2) is 0 Å². The van der Waals surface area contributed by atoms with Crippen LogP contribution in [0.1, 0.15) is 29.3 Å². The molecule has 2 aromatic rings. The van der Waals surface area contributed by atoms with Crippen molar-refractivity contribution in [3.8, 4) is 0 Å². The van der Waals surface area contributed by atoms with E-state index < -0.39 is 0 Å². The molecule has 3 rings (SSSR count). The average Bonchev–Trinajstić information content (AvgIpc) is 3.11. The van der Waals surface area contributed by atoms with Crippen molar-refractivity contribution in [3.63, 3.8) is 0 Å². The van der Waals surface area contributed by atoms with E-state index in [1.165, 1.54) is 23.3 Å². The van der Waals surface area contributed by atoms with E-state index in [1.54, 1.807) is 0 Å². The van der Waals surface area contributed by atoms with Crippen LogP contribution in [-0.4, -0.2) is 6.54 Å². The minimum Gasteiger partial charge on any atom is -0.309 e. The Morgan fingerprint density at radius 3 is 2.63 bits per heavy atom. The van der Waals surface area contributed by atoms with Crippen molar-refractivity contribution in [1.29, 1.82) is 0 Å². The first kappa shape index (κ1) is 13.2. The third-order valence-electron chi connectivity index (χ3n) is 3.63. The van der Waals surface area contributed by atoms with E-state index in [9.17, 15) is 0 Å². The van der Waals surface area contributed by atoms with E-state index >= 15 is 0 Å². The van der Waals surface area contributed by atoms with Crippen LogP contribution in [0.15, 0.2) is 41.8 Å². The molecule has 1 saturated carbocycles. The Morgan fingerprint density at radius 1 is 1.21 bits per heavy atom. The lowest BCUT2D eigenvalue weighted by Gasteiger charge is -2.16. The highest BCUT2D eigenvalue weighted by molar-refractivity contribution is 7.10. The molecular formula is C16H18ClNS. The summed E-state index contributed by atoms with van der Waals surface area (Å²) in [6.07, 6.45) is 3.80. The van der Waals surface area contributed by atoms with E-state index in [-0.39, 0.29) is 0 Å². The smallest absolute Gasteiger partial charge is 0.0443 e. The van der Waals surface area contributed by atoms with E-state index in [0.717, 1.165) is 23.9 Å². The van der Waals surface area contributed by atoms with Gasteiger partial charge in [0, 0.05) is 15.9 Å². The van der Waals surface area contributed by atoms with Gasteiger partial charge in [-0.2, -0.15) is 0 Å². The molecule has 1 aromatic heterocycles. The van der Waals surface area contributed by atoms with Crippen LogP contribution in [0.2, 0.25) is 5.02 Å². The first-order valence-electron chi connectivity index (χ1n) is 6.84. The van der Waals surface area contributed by atoms with Crippen molar-refractivity contribution >= 4 is 22.9 Å². The Kier molecular flexibility index (Phi) is 4.21. The fourth-order valence-electron chi connectivity index (χ4n) is 2.42. The average molecular weight is 292 g/mol. The molecule has 0 saturated heterocycles. The minimum atomic E-state index is 0.562. The standard InChI is InChI=1S/C16H18ClNS/c17-14-7-3-12(4-8-14)9-10-18-16(13-5-6-13)15-2-1-11-19-15/h1-4,7-8,11,13,16,18H,5-6,9-10H2. The second-order valence-electron chi connectivity index (χ2n) is 5.16. The summed E-state index contributed by atoms with van der Waals surface area (Å²) in [6.45, 7) is 1.03. The van der Waals surface area contributed by atoms with Gasteiger partial charge in [0.05, 0.1) is 0 Å². The molecule has 0 radical (unpaired) electrons. The predicted octanol–water partition coefficient (Wildman–Crippen LogP) is 4.68. The highest BCUT2D eigenvalue weighted by atomic mass is 35.5. The Balaban J connectivity index is 1.54. The Morgan fingerprint density at radius 2 is 2.00 bits per heavy atom. The van der Waals surface area contributed by atoms with Crippen LogP contribution in [0.5, 0.6) is 0 Å². The Bertz CT molecular complexity index is 502. The summed E-state index contributed by atoms with van der Waals surface area (Å²) in [5, 5.41) is 6.71. The molecule has 1 aromatic carbocycles. The normalized spacial score (nSPS) is 16.5. The fourth-order valence-corrected chi connectivity index (χ4v) is 3.44. The molecule has 1 atom stereocenters. The van der Waals surface area contributed by atoms with Gasteiger partial charge in [-0.1, -0.05) is 29.8 Å². The zero-order valence-electron chi connectivity index (χ0n) is 10.8. The van der Waals surface area contributed by atoms with E-state index in [2.05, 4.69) is 35.0 Å². The molecule has 0 amide bonds. The third kappa shape index (κ3) is 3.59. The highest BCUT2D eigenvalue weighted by Crippen LogP contribution is 2.42. The molecule has 0 bridgehead atoms. The van der Waals surface area contributed by atoms with Crippen molar-refractivity contribution in [2.75, 3.05) is 6.54 Å². The van der Waals surface area contributed by atoms with Crippen LogP contribution >= 0.6 is 22.9 Å². The molecule has 1 unspecified atom stereocenters. The summed E-state index contributed by atoms with van der Waals surface area (Å²) < 4.78 is 0. The lowest BCUT2D eigenvalue weighted by atomic mass is 10.1. The molecule has 0 aliphatic heterocycles. The number of hydrogen-bond donors (Lipinski definition) is 1. The second kappa shape index (κ2) is 6.08. The maximum absolute atomic E-state index is 5.90. The molecule has 1 aliphatic rings. The van der Waals surface area contributed by atoms with Crippen molar-refractivity contribution in [1.82, 2.24) is 5.32 Å². The summed E-state index contributed by atoms with van der Waals surface area (Å²) in [6, 6.07) is 13.1. The van der Waals surface area contributed by atoms with E-state index in [0.29, 0.717) is 6.04 Å². The Labute approximate surface area is 123 Å². The minimum absolute atomic E-state index is 0.562. The number of benzene rings is 1. The maximum Gasteiger partial charge on any atom is 0.0443 e. The number of rotatable bonds is 6. The quantitative estimate of drug-likeness (QED) is 0.814. The van der Waals surface area contributed by atoms with Crippen molar-refractivity contribution in [2.45, 2.75) is 25.3 Å². The van der Waals surface area contributed by atoms with Gasteiger partial charge in [0.2, 0.25) is 0 Å². The van der Waals surface area contributed by atoms with Crippen molar-refractivity contribution in [2.24, 2.45) is 5.92 Å². The molecule has 100 valence electrons. The molecule has 1 fully saturated rings. The largest absolute Gasteiger partial charge is 0.309 e. The van der Waals surface area contributed by atoms with Crippen LogP contribution in [0, 0.1) is 5.92 Å². The van der Waals surface area contributed by atoms with E-state index in [4.69, 9.17) is 11.6 Å². The first-order chi connectivity index (χ1) is 9.33. The lowest BCUT2D eigenvalue weighted by molar-refractivity contribution is 0.491. The van der Waals surface area contributed by atoms with Gasteiger partial charge >= 0.3 is 0 Å². The molecule has 1 heterocycles. The van der Waals surface area contributed by atoms with Crippen LogP contribution in [0.3, 0.4) is 0 Å². The number of halogens is 1. The molecule has 0 spiro atoms. The van der Waals surface area contributed by atoms with Gasteiger partial charge in [-0.25, -0.2) is 0 Å². The van der Waals surface area contributed by atoms with E-state index in [1.807, 2.05) is 23.5 Å². The van der Waals surface area contributed by atoms with Gasteiger partial charge < -0.3 is 5.32 Å². The molecule has 1 N–H and O–H groups in total. The molecular weight excluding hydrogens is 274 g/mol. The summed E-state index contributed by atoms with van der Waals surface area (Å²) in [5.41, 5.74) is 1.35. The number of hydrogen-bond acceptors (Lipinski definition) is 2. The van der Waals surface area contributed by atoms with Gasteiger partial charge in [-0.15, -0.1) is 11.3 Å². The highest BCUT2D eigenvalue weighted by Gasteiger charge is 2.32. The monoisotopic (exact) mass is 291 g/mol. The van der Waals surface area contributed by atoms with Crippen LogP contribution in [0.4, 0.5) is 0 Å². The van der Waals surface area contributed by atoms with Crippen LogP contribution < -0.4 is 5.32 Å². The maximum atomic E-state index is 5.90. The van der Waals surface area contributed by atoms with Gasteiger partial charge in [0.1, 0.15) is 0 Å². The molecule has 19 heavy (non-hydrogen) atoms. The Hall–Kier alpha value is -0.830. The zero-order chi connectivity index (χ0) is 13.1. The van der Waals surface area contributed by atoms with Gasteiger partial charge in [-0.05, 0) is 60.9 Å². The first-order valence-corrected chi connectivity index (χ1v) is 8.10. The van der Waals surface area contributed by atoms with Crippen molar-refractivity contribution in [3.05, 3.63) is 57.2 Å². The topological polar surface area (TPSA) is 12.0 Å². The summed E-state index contributed by atoms with van der Waals surface area (Å²) in [7, 11) is 0. The van der Waals surface area contributed by atoms with Gasteiger partial charge in [-0.3, -0.25) is 0 Å². The lowest BCUT2D eigenvalue weighted by Crippen LogP contribution is -2.24. The summed E-state index contributed by atoms with van der Waals surface area (Å²) in [5.74, 6) is 0.851. The third-order valence-corrected chi connectivity index (χ3v) is 4.84. The summed E-state index contributed by atoms with van der Waals surface area (Å²) in [4.78, 5) is 1.48. The molecule has 3 heteroatoms. The SMILES string of the molecule is Clc1ccc(CCNC(c2cccs2)C2CC2)cc1. The molecule has 1 aliphatic carbocycles.